The highest BCUT2D eigenvalue weighted by atomic mass is 31.2. The summed E-state index contributed by atoms with van der Waals surface area (Å²) in [6.45, 7) is 8.47. The molecule has 0 aromatic heterocycles. The maximum Gasteiger partial charge on any atom is 0.362 e. The molecule has 0 radical (unpaired) electrons. The lowest BCUT2D eigenvalue weighted by Gasteiger charge is -2.33. The van der Waals surface area contributed by atoms with Crippen LogP contribution in [-0.2, 0) is 27.9 Å². The molecule has 25 heavy (non-hydrogen) atoms. The second kappa shape index (κ2) is 10.2. The molecule has 1 heterocycles. The topological polar surface area (TPSA) is 120 Å². The zero-order chi connectivity index (χ0) is 19.0. The third-order valence-electron chi connectivity index (χ3n) is 3.79. The van der Waals surface area contributed by atoms with Gasteiger partial charge in [-0.05, 0) is 19.8 Å². The summed E-state index contributed by atoms with van der Waals surface area (Å²) in [5.74, 6) is -2.65. The van der Waals surface area contributed by atoms with Crippen LogP contribution in [-0.4, -0.2) is 68.1 Å². The van der Waals surface area contributed by atoms with Gasteiger partial charge in [0.15, 0.2) is 0 Å². The van der Waals surface area contributed by atoms with E-state index in [1.807, 2.05) is 0 Å². The Morgan fingerprint density at radius 2 is 1.72 bits per heavy atom. The first-order valence-corrected chi connectivity index (χ1v) is 10.2. The molecule has 0 saturated carbocycles. The minimum atomic E-state index is -3.90. The standard InChI is InChI=1S/C15H30N3O6P/c1-5-23-25(21,24-6-2)14(17-13(19)12(16)11(3)4)15(20)18-7-9-22-10-8-18/h11-12,14H,5-10,16H2,1-4H3,(H,17,19)/t12-,14+/m1/s1. The lowest BCUT2D eigenvalue weighted by atomic mass is 10.1. The van der Waals surface area contributed by atoms with E-state index in [-0.39, 0.29) is 19.1 Å². The average Bonchev–Trinajstić information content (AvgIpc) is 2.59. The summed E-state index contributed by atoms with van der Waals surface area (Å²) in [6, 6.07) is -0.836. The molecule has 0 aliphatic carbocycles. The number of nitrogens with two attached hydrogens (primary N) is 1. The summed E-state index contributed by atoms with van der Waals surface area (Å²) >= 11 is 0. The number of nitrogens with zero attached hydrogens (tertiary/aromatic N) is 1. The maximum absolute atomic E-state index is 13.1. The summed E-state index contributed by atoms with van der Waals surface area (Å²) < 4.78 is 28.9. The van der Waals surface area contributed by atoms with Gasteiger partial charge < -0.3 is 29.7 Å². The van der Waals surface area contributed by atoms with Crippen LogP contribution in [0.4, 0.5) is 0 Å². The number of hydrogen-bond donors (Lipinski definition) is 2. The van der Waals surface area contributed by atoms with Crippen LogP contribution in [0.1, 0.15) is 27.7 Å². The molecule has 1 aliphatic heterocycles. The fourth-order valence-corrected chi connectivity index (χ4v) is 4.12. The van der Waals surface area contributed by atoms with Gasteiger partial charge in [-0.3, -0.25) is 14.2 Å². The Balaban J connectivity index is 3.08. The van der Waals surface area contributed by atoms with Gasteiger partial charge in [-0.2, -0.15) is 0 Å². The SMILES string of the molecule is CCOP(=O)(OCC)[C@H](NC(=O)[C@H](N)C(C)C)C(=O)N1CCOCC1. The molecule has 1 fully saturated rings. The van der Waals surface area contributed by atoms with Crippen LogP contribution in [0.15, 0.2) is 0 Å². The van der Waals surface area contributed by atoms with Crippen LogP contribution in [0.3, 0.4) is 0 Å². The normalized spacial score (nSPS) is 18.1. The zero-order valence-corrected chi connectivity index (χ0v) is 16.3. The number of morpholine rings is 1. The number of amides is 2. The number of carbonyl (C=O) groups is 2. The Morgan fingerprint density at radius 3 is 2.16 bits per heavy atom. The monoisotopic (exact) mass is 379 g/mol. The molecule has 146 valence electrons. The first-order chi connectivity index (χ1) is 11.8. The quantitative estimate of drug-likeness (QED) is 0.561. The molecule has 0 unspecified atom stereocenters. The van der Waals surface area contributed by atoms with Crippen molar-refractivity contribution in [2.75, 3.05) is 39.5 Å². The van der Waals surface area contributed by atoms with E-state index in [1.54, 1.807) is 27.7 Å². The maximum atomic E-state index is 13.1. The van der Waals surface area contributed by atoms with Crippen molar-refractivity contribution in [2.45, 2.75) is 39.5 Å². The van der Waals surface area contributed by atoms with Crippen LogP contribution >= 0.6 is 7.60 Å². The van der Waals surface area contributed by atoms with Gasteiger partial charge in [-0.15, -0.1) is 0 Å². The highest BCUT2D eigenvalue weighted by molar-refractivity contribution is 7.55. The highest BCUT2D eigenvalue weighted by Gasteiger charge is 2.45. The molecule has 1 rings (SSSR count). The van der Waals surface area contributed by atoms with Gasteiger partial charge in [-0.25, -0.2) is 0 Å². The third kappa shape index (κ3) is 6.04. The van der Waals surface area contributed by atoms with Crippen molar-refractivity contribution in [1.82, 2.24) is 10.2 Å². The van der Waals surface area contributed by atoms with Crippen molar-refractivity contribution in [2.24, 2.45) is 11.7 Å². The molecule has 1 saturated heterocycles. The molecule has 0 bridgehead atoms. The Hall–Kier alpha value is -0.990. The van der Waals surface area contributed by atoms with Crippen molar-refractivity contribution in [3.63, 3.8) is 0 Å². The van der Waals surface area contributed by atoms with Crippen LogP contribution in [0, 0.1) is 5.92 Å². The van der Waals surface area contributed by atoms with Gasteiger partial charge in [-0.1, -0.05) is 13.8 Å². The molecule has 10 heteroatoms. The van der Waals surface area contributed by atoms with E-state index >= 15 is 0 Å². The highest BCUT2D eigenvalue weighted by Crippen LogP contribution is 2.52. The van der Waals surface area contributed by atoms with E-state index < -0.39 is 31.2 Å². The van der Waals surface area contributed by atoms with E-state index in [2.05, 4.69) is 5.32 Å². The van der Waals surface area contributed by atoms with E-state index in [9.17, 15) is 14.2 Å². The molecule has 2 amide bonds. The summed E-state index contributed by atoms with van der Waals surface area (Å²) in [7, 11) is -3.90. The summed E-state index contributed by atoms with van der Waals surface area (Å²) in [4.78, 5) is 26.8. The Morgan fingerprint density at radius 1 is 1.20 bits per heavy atom. The molecule has 3 N–H and O–H groups in total. The lowest BCUT2D eigenvalue weighted by Crippen LogP contribution is -2.55. The molecule has 0 aromatic rings. The van der Waals surface area contributed by atoms with Crippen molar-refractivity contribution < 1.29 is 27.9 Å². The van der Waals surface area contributed by atoms with Crippen molar-refractivity contribution in [3.8, 4) is 0 Å². The second-order valence-corrected chi connectivity index (χ2v) is 8.11. The Bertz CT molecular complexity index is 486. The van der Waals surface area contributed by atoms with Crippen molar-refractivity contribution in [1.29, 1.82) is 0 Å². The first-order valence-electron chi connectivity index (χ1n) is 8.58. The predicted molar refractivity (Wildman–Crippen MR) is 93.0 cm³/mol. The number of rotatable bonds is 9. The lowest BCUT2D eigenvalue weighted by molar-refractivity contribution is -0.138. The Labute approximate surface area is 149 Å². The van der Waals surface area contributed by atoms with Gasteiger partial charge >= 0.3 is 7.60 Å². The van der Waals surface area contributed by atoms with Crippen molar-refractivity contribution >= 4 is 19.4 Å². The summed E-state index contributed by atoms with van der Waals surface area (Å²) in [5, 5.41) is 2.50. The van der Waals surface area contributed by atoms with Crippen LogP contribution in [0.2, 0.25) is 0 Å². The van der Waals surface area contributed by atoms with Crippen LogP contribution in [0.5, 0.6) is 0 Å². The average molecular weight is 379 g/mol. The van der Waals surface area contributed by atoms with Crippen molar-refractivity contribution in [3.05, 3.63) is 0 Å². The van der Waals surface area contributed by atoms with Crippen LogP contribution < -0.4 is 11.1 Å². The molecular formula is C15H30N3O6P. The Kier molecular flexibility index (Phi) is 9.02. The zero-order valence-electron chi connectivity index (χ0n) is 15.4. The fourth-order valence-electron chi connectivity index (χ4n) is 2.31. The molecular weight excluding hydrogens is 349 g/mol. The molecule has 1 aliphatic rings. The van der Waals surface area contributed by atoms with Gasteiger partial charge in [0.1, 0.15) is 0 Å². The largest absolute Gasteiger partial charge is 0.378 e. The van der Waals surface area contributed by atoms with E-state index in [1.165, 1.54) is 4.90 Å². The van der Waals surface area contributed by atoms with Gasteiger partial charge in [0.25, 0.3) is 5.91 Å². The number of nitrogens with one attached hydrogen (secondary N) is 1. The number of hydrogen-bond acceptors (Lipinski definition) is 7. The number of carbonyl (C=O) groups excluding carboxylic acids is 2. The molecule has 0 aromatic carbocycles. The van der Waals surface area contributed by atoms with E-state index in [4.69, 9.17) is 19.5 Å². The summed E-state index contributed by atoms with van der Waals surface area (Å²) in [5.41, 5.74) is 5.85. The molecule has 0 spiro atoms. The minimum absolute atomic E-state index is 0.0796. The minimum Gasteiger partial charge on any atom is -0.378 e. The first kappa shape index (κ1) is 22.1. The predicted octanol–water partition coefficient (Wildman–Crippen LogP) is 0.537. The van der Waals surface area contributed by atoms with Gasteiger partial charge in [0.2, 0.25) is 11.7 Å². The molecule has 2 atom stereocenters. The summed E-state index contributed by atoms with van der Waals surface area (Å²) in [6.07, 6.45) is 0. The van der Waals surface area contributed by atoms with Gasteiger partial charge in [0, 0.05) is 13.1 Å². The van der Waals surface area contributed by atoms with Crippen LogP contribution in [0.25, 0.3) is 0 Å². The third-order valence-corrected chi connectivity index (χ3v) is 6.01. The van der Waals surface area contributed by atoms with E-state index in [0.717, 1.165) is 0 Å². The number of ether oxygens (including phenoxy) is 1. The smallest absolute Gasteiger partial charge is 0.362 e. The van der Waals surface area contributed by atoms with E-state index in [0.29, 0.717) is 26.3 Å². The fraction of sp³-hybridized carbons (Fsp3) is 0.867. The second-order valence-electron chi connectivity index (χ2n) is 5.99. The van der Waals surface area contributed by atoms with Gasteiger partial charge in [0.05, 0.1) is 32.5 Å². The molecule has 9 nitrogen and oxygen atoms in total.